The smallest absolute Gasteiger partial charge is 0.0991 e. The van der Waals surface area contributed by atoms with Gasteiger partial charge in [-0.2, -0.15) is 10.3 Å². The third-order valence-electron chi connectivity index (χ3n) is 2.27. The van der Waals surface area contributed by atoms with Crippen molar-refractivity contribution in [1.82, 2.24) is 5.06 Å². The summed E-state index contributed by atoms with van der Waals surface area (Å²) in [7, 11) is 0. The Morgan fingerprint density at radius 3 is 2.71 bits per heavy atom. The number of hydroxylamine groups is 2. The normalized spacial score (nSPS) is 16.8. The molecule has 1 saturated heterocycles. The molecule has 0 unspecified atom stereocenters. The Hall–Kier alpha value is -1.37. The standard InChI is InChI=1S/C11H12N2O/c12-8-10-2-4-11(5-3-10)9-13-6-1-7-14-13/h2-5H,1,6-7,9H2. The molecule has 0 atom stereocenters. The van der Waals surface area contributed by atoms with Crippen LogP contribution in [0.1, 0.15) is 17.5 Å². The first-order chi connectivity index (χ1) is 6.88. The third-order valence-corrected chi connectivity index (χ3v) is 2.27. The van der Waals surface area contributed by atoms with E-state index in [-0.39, 0.29) is 0 Å². The van der Waals surface area contributed by atoms with Gasteiger partial charge < -0.3 is 0 Å². The predicted molar refractivity (Wildman–Crippen MR) is 52.1 cm³/mol. The van der Waals surface area contributed by atoms with Crippen molar-refractivity contribution in [3.05, 3.63) is 35.4 Å². The summed E-state index contributed by atoms with van der Waals surface area (Å²) in [6.45, 7) is 2.64. The molecule has 0 spiro atoms. The summed E-state index contributed by atoms with van der Waals surface area (Å²) >= 11 is 0. The largest absolute Gasteiger partial charge is 0.299 e. The SMILES string of the molecule is N#Cc1ccc(CN2CCCO2)cc1. The van der Waals surface area contributed by atoms with E-state index >= 15 is 0 Å². The fourth-order valence-electron chi connectivity index (χ4n) is 1.51. The first-order valence-corrected chi connectivity index (χ1v) is 4.75. The fourth-order valence-corrected chi connectivity index (χ4v) is 1.51. The summed E-state index contributed by atoms with van der Waals surface area (Å²) in [4.78, 5) is 5.38. The first-order valence-electron chi connectivity index (χ1n) is 4.75. The lowest BCUT2D eigenvalue weighted by molar-refractivity contribution is -0.117. The number of nitrogens with zero attached hydrogens (tertiary/aromatic N) is 2. The first kappa shape index (κ1) is 9.20. The van der Waals surface area contributed by atoms with Crippen LogP contribution in [0, 0.1) is 11.3 Å². The second-order valence-corrected chi connectivity index (χ2v) is 3.36. The average molecular weight is 188 g/mol. The van der Waals surface area contributed by atoms with Crippen molar-refractivity contribution in [2.24, 2.45) is 0 Å². The number of hydrogen-bond acceptors (Lipinski definition) is 3. The molecule has 14 heavy (non-hydrogen) atoms. The van der Waals surface area contributed by atoms with Crippen LogP contribution >= 0.6 is 0 Å². The van der Waals surface area contributed by atoms with Gasteiger partial charge in [-0.3, -0.25) is 4.84 Å². The van der Waals surface area contributed by atoms with Crippen LogP contribution in [0.2, 0.25) is 0 Å². The second-order valence-electron chi connectivity index (χ2n) is 3.36. The van der Waals surface area contributed by atoms with Gasteiger partial charge in [0, 0.05) is 13.1 Å². The van der Waals surface area contributed by atoms with Gasteiger partial charge >= 0.3 is 0 Å². The molecule has 3 nitrogen and oxygen atoms in total. The summed E-state index contributed by atoms with van der Waals surface area (Å²) in [6.07, 6.45) is 1.11. The summed E-state index contributed by atoms with van der Waals surface area (Å²) in [5.74, 6) is 0. The number of nitriles is 1. The van der Waals surface area contributed by atoms with E-state index in [9.17, 15) is 0 Å². The van der Waals surface area contributed by atoms with Crippen molar-refractivity contribution >= 4 is 0 Å². The summed E-state index contributed by atoms with van der Waals surface area (Å²) in [5.41, 5.74) is 1.89. The van der Waals surface area contributed by atoms with E-state index in [0.717, 1.165) is 26.1 Å². The minimum absolute atomic E-state index is 0.705. The maximum atomic E-state index is 8.63. The Bertz CT molecular complexity index is 333. The number of benzene rings is 1. The van der Waals surface area contributed by atoms with E-state index in [1.807, 2.05) is 29.3 Å². The summed E-state index contributed by atoms with van der Waals surface area (Å²) in [6, 6.07) is 9.73. The fraction of sp³-hybridized carbons (Fsp3) is 0.364. The van der Waals surface area contributed by atoms with E-state index in [0.29, 0.717) is 5.56 Å². The monoisotopic (exact) mass is 188 g/mol. The molecule has 2 rings (SSSR count). The van der Waals surface area contributed by atoms with E-state index in [4.69, 9.17) is 10.1 Å². The molecule has 1 aliphatic rings. The zero-order chi connectivity index (χ0) is 9.80. The molecule has 0 N–H and O–H groups in total. The zero-order valence-corrected chi connectivity index (χ0v) is 7.94. The molecule has 1 aromatic rings. The predicted octanol–water partition coefficient (Wildman–Crippen LogP) is 1.70. The van der Waals surface area contributed by atoms with Crippen LogP contribution in [0.4, 0.5) is 0 Å². The molecule has 0 radical (unpaired) electrons. The minimum Gasteiger partial charge on any atom is -0.299 e. The van der Waals surface area contributed by atoms with Gasteiger partial charge in [0.05, 0.1) is 18.2 Å². The molecular formula is C11H12N2O. The van der Waals surface area contributed by atoms with Crippen molar-refractivity contribution in [2.75, 3.05) is 13.2 Å². The topological polar surface area (TPSA) is 36.3 Å². The maximum absolute atomic E-state index is 8.63. The molecule has 3 heteroatoms. The van der Waals surface area contributed by atoms with Crippen LogP contribution in [0.3, 0.4) is 0 Å². The zero-order valence-electron chi connectivity index (χ0n) is 7.94. The van der Waals surface area contributed by atoms with E-state index in [1.54, 1.807) is 0 Å². The van der Waals surface area contributed by atoms with Crippen LogP contribution in [0.5, 0.6) is 0 Å². The lowest BCUT2D eigenvalue weighted by Crippen LogP contribution is -2.16. The molecule has 0 amide bonds. The van der Waals surface area contributed by atoms with Crippen molar-refractivity contribution in [3.8, 4) is 6.07 Å². The Balaban J connectivity index is 1.99. The molecule has 0 bridgehead atoms. The maximum Gasteiger partial charge on any atom is 0.0991 e. The Labute approximate surface area is 83.5 Å². The minimum atomic E-state index is 0.705. The van der Waals surface area contributed by atoms with Gasteiger partial charge in [-0.1, -0.05) is 12.1 Å². The van der Waals surface area contributed by atoms with Crippen LogP contribution in [-0.2, 0) is 11.4 Å². The molecule has 1 fully saturated rings. The van der Waals surface area contributed by atoms with Gasteiger partial charge in [0.15, 0.2) is 0 Å². The Morgan fingerprint density at radius 1 is 1.36 bits per heavy atom. The molecular weight excluding hydrogens is 176 g/mol. The van der Waals surface area contributed by atoms with Crippen LogP contribution in [0.25, 0.3) is 0 Å². The molecule has 0 aliphatic carbocycles. The molecule has 1 aromatic carbocycles. The Morgan fingerprint density at radius 2 is 2.14 bits per heavy atom. The van der Waals surface area contributed by atoms with Crippen LogP contribution in [0.15, 0.2) is 24.3 Å². The van der Waals surface area contributed by atoms with Gasteiger partial charge in [0.2, 0.25) is 0 Å². The molecule has 0 aromatic heterocycles. The van der Waals surface area contributed by atoms with E-state index in [1.165, 1.54) is 5.56 Å². The summed E-state index contributed by atoms with van der Waals surface area (Å²) < 4.78 is 0. The van der Waals surface area contributed by atoms with Crippen molar-refractivity contribution in [3.63, 3.8) is 0 Å². The van der Waals surface area contributed by atoms with Crippen LogP contribution < -0.4 is 0 Å². The van der Waals surface area contributed by atoms with E-state index < -0.39 is 0 Å². The van der Waals surface area contributed by atoms with Crippen molar-refractivity contribution in [2.45, 2.75) is 13.0 Å². The van der Waals surface area contributed by atoms with Gasteiger partial charge in [-0.25, -0.2) is 0 Å². The number of hydrogen-bond donors (Lipinski definition) is 0. The molecule has 0 saturated carbocycles. The van der Waals surface area contributed by atoms with Crippen molar-refractivity contribution in [1.29, 1.82) is 5.26 Å². The summed E-state index contributed by atoms with van der Waals surface area (Å²) in [5, 5.41) is 10.6. The lowest BCUT2D eigenvalue weighted by atomic mass is 10.1. The van der Waals surface area contributed by atoms with Crippen molar-refractivity contribution < 1.29 is 4.84 Å². The second kappa shape index (κ2) is 4.23. The highest BCUT2D eigenvalue weighted by Crippen LogP contribution is 2.11. The average Bonchev–Trinajstić information content (AvgIpc) is 2.72. The van der Waals surface area contributed by atoms with Crippen LogP contribution in [-0.4, -0.2) is 18.2 Å². The molecule has 1 heterocycles. The highest BCUT2D eigenvalue weighted by Gasteiger charge is 2.12. The number of rotatable bonds is 2. The highest BCUT2D eigenvalue weighted by atomic mass is 16.7. The third kappa shape index (κ3) is 2.11. The highest BCUT2D eigenvalue weighted by molar-refractivity contribution is 5.31. The van der Waals surface area contributed by atoms with Gasteiger partial charge in [0.1, 0.15) is 0 Å². The van der Waals surface area contributed by atoms with Gasteiger partial charge in [-0.15, -0.1) is 0 Å². The molecule has 1 aliphatic heterocycles. The van der Waals surface area contributed by atoms with Gasteiger partial charge in [0.25, 0.3) is 0 Å². The quantitative estimate of drug-likeness (QED) is 0.708. The lowest BCUT2D eigenvalue weighted by Gasteiger charge is -2.13. The Kier molecular flexibility index (Phi) is 2.78. The van der Waals surface area contributed by atoms with Gasteiger partial charge in [-0.05, 0) is 24.1 Å². The molecule has 72 valence electrons. The van der Waals surface area contributed by atoms with E-state index in [2.05, 4.69) is 6.07 Å².